The molecular weight excluding hydrogens is 179 g/mol. The maximum atomic E-state index is 12.4. The normalized spacial score (nSPS) is 15.0. The fourth-order valence-corrected chi connectivity index (χ4v) is 1.30. The SMILES string of the molecule is CCCCCC(N(C)C)C(F)(F)F. The maximum absolute atomic E-state index is 12.4. The van der Waals surface area contributed by atoms with E-state index < -0.39 is 12.2 Å². The Morgan fingerprint density at radius 3 is 2.00 bits per heavy atom. The van der Waals surface area contributed by atoms with Gasteiger partial charge in [-0.1, -0.05) is 26.2 Å². The molecule has 1 unspecified atom stereocenters. The number of alkyl halides is 3. The Labute approximate surface area is 77.9 Å². The van der Waals surface area contributed by atoms with E-state index in [4.69, 9.17) is 0 Å². The highest BCUT2D eigenvalue weighted by Crippen LogP contribution is 2.27. The third-order valence-electron chi connectivity index (χ3n) is 2.08. The Morgan fingerprint density at radius 2 is 1.69 bits per heavy atom. The molecule has 0 bridgehead atoms. The minimum absolute atomic E-state index is 0.213. The van der Waals surface area contributed by atoms with Gasteiger partial charge in [0, 0.05) is 0 Å². The number of nitrogens with zero attached hydrogens (tertiary/aromatic N) is 1. The first-order valence-electron chi connectivity index (χ1n) is 4.62. The van der Waals surface area contributed by atoms with Crippen LogP contribution in [0.2, 0.25) is 0 Å². The van der Waals surface area contributed by atoms with Crippen LogP contribution in [0.3, 0.4) is 0 Å². The molecule has 13 heavy (non-hydrogen) atoms. The second kappa shape index (κ2) is 5.47. The number of unbranched alkanes of at least 4 members (excludes halogenated alkanes) is 2. The summed E-state index contributed by atoms with van der Waals surface area (Å²) < 4.78 is 37.1. The van der Waals surface area contributed by atoms with E-state index in [9.17, 15) is 13.2 Å². The summed E-state index contributed by atoms with van der Waals surface area (Å²) in [5, 5.41) is 0. The van der Waals surface area contributed by atoms with E-state index in [1.165, 1.54) is 19.0 Å². The molecule has 0 spiro atoms. The zero-order valence-electron chi connectivity index (χ0n) is 8.49. The van der Waals surface area contributed by atoms with E-state index in [0.29, 0.717) is 6.42 Å². The van der Waals surface area contributed by atoms with Gasteiger partial charge in [-0.15, -0.1) is 0 Å². The zero-order valence-corrected chi connectivity index (χ0v) is 8.49. The first kappa shape index (κ1) is 12.8. The highest BCUT2D eigenvalue weighted by Gasteiger charge is 2.40. The smallest absolute Gasteiger partial charge is 0.298 e. The highest BCUT2D eigenvalue weighted by molar-refractivity contribution is 4.74. The quantitative estimate of drug-likeness (QED) is 0.612. The van der Waals surface area contributed by atoms with Crippen LogP contribution in [0.4, 0.5) is 13.2 Å². The second-order valence-electron chi connectivity index (χ2n) is 3.52. The Hall–Kier alpha value is -0.250. The van der Waals surface area contributed by atoms with Crippen LogP contribution in [-0.4, -0.2) is 31.2 Å². The minimum Gasteiger partial charge on any atom is -0.298 e. The van der Waals surface area contributed by atoms with Gasteiger partial charge in [-0.2, -0.15) is 13.2 Å². The van der Waals surface area contributed by atoms with E-state index in [1.54, 1.807) is 0 Å². The number of hydrogen-bond acceptors (Lipinski definition) is 1. The van der Waals surface area contributed by atoms with Gasteiger partial charge in [0.1, 0.15) is 6.04 Å². The van der Waals surface area contributed by atoms with Gasteiger partial charge in [-0.25, -0.2) is 0 Å². The summed E-state index contributed by atoms with van der Waals surface area (Å²) in [6, 6.07) is -1.28. The molecule has 0 aromatic rings. The van der Waals surface area contributed by atoms with E-state index in [-0.39, 0.29) is 6.42 Å². The lowest BCUT2D eigenvalue weighted by atomic mass is 10.1. The van der Waals surface area contributed by atoms with Crippen molar-refractivity contribution < 1.29 is 13.2 Å². The van der Waals surface area contributed by atoms with Crippen LogP contribution in [0.5, 0.6) is 0 Å². The van der Waals surface area contributed by atoms with Crippen LogP contribution < -0.4 is 0 Å². The average Bonchev–Trinajstić information content (AvgIpc) is 1.94. The van der Waals surface area contributed by atoms with Gasteiger partial charge in [0.25, 0.3) is 0 Å². The van der Waals surface area contributed by atoms with E-state index in [2.05, 4.69) is 0 Å². The Bertz CT molecular complexity index is 131. The van der Waals surface area contributed by atoms with Crippen molar-refractivity contribution in [3.8, 4) is 0 Å². The monoisotopic (exact) mass is 197 g/mol. The summed E-state index contributed by atoms with van der Waals surface area (Å²) >= 11 is 0. The summed E-state index contributed by atoms with van der Waals surface area (Å²) in [6.45, 7) is 1.98. The topological polar surface area (TPSA) is 3.24 Å². The molecule has 1 nitrogen and oxygen atoms in total. The zero-order chi connectivity index (χ0) is 10.5. The van der Waals surface area contributed by atoms with E-state index in [1.807, 2.05) is 6.92 Å². The van der Waals surface area contributed by atoms with E-state index >= 15 is 0 Å². The van der Waals surface area contributed by atoms with Gasteiger partial charge in [-0.3, -0.25) is 4.90 Å². The van der Waals surface area contributed by atoms with E-state index in [0.717, 1.165) is 12.8 Å². The largest absolute Gasteiger partial charge is 0.404 e. The Kier molecular flexibility index (Phi) is 5.37. The molecule has 0 rings (SSSR count). The van der Waals surface area contributed by atoms with Gasteiger partial charge in [0.15, 0.2) is 0 Å². The predicted octanol–water partition coefficient (Wildman–Crippen LogP) is 3.06. The molecule has 0 amide bonds. The van der Waals surface area contributed by atoms with Crippen molar-refractivity contribution in [2.75, 3.05) is 14.1 Å². The number of halogens is 3. The summed E-state index contributed by atoms with van der Waals surface area (Å²) in [6.07, 6.45) is -1.39. The van der Waals surface area contributed by atoms with Crippen molar-refractivity contribution in [3.05, 3.63) is 0 Å². The average molecular weight is 197 g/mol. The molecule has 0 aliphatic heterocycles. The lowest BCUT2D eigenvalue weighted by Crippen LogP contribution is -2.41. The third kappa shape index (κ3) is 5.13. The molecule has 0 aliphatic carbocycles. The van der Waals surface area contributed by atoms with Crippen molar-refractivity contribution in [2.24, 2.45) is 0 Å². The van der Waals surface area contributed by atoms with Crippen LogP contribution in [-0.2, 0) is 0 Å². The predicted molar refractivity (Wildman–Crippen MR) is 47.7 cm³/mol. The van der Waals surface area contributed by atoms with Crippen molar-refractivity contribution in [3.63, 3.8) is 0 Å². The molecule has 0 N–H and O–H groups in total. The van der Waals surface area contributed by atoms with Crippen LogP contribution in [0, 0.1) is 0 Å². The lowest BCUT2D eigenvalue weighted by molar-refractivity contribution is -0.179. The molecule has 4 heteroatoms. The Morgan fingerprint density at radius 1 is 1.15 bits per heavy atom. The third-order valence-corrected chi connectivity index (χ3v) is 2.08. The first-order valence-corrected chi connectivity index (χ1v) is 4.62. The second-order valence-corrected chi connectivity index (χ2v) is 3.52. The summed E-state index contributed by atoms with van der Waals surface area (Å²) in [7, 11) is 2.95. The number of hydrogen-bond donors (Lipinski definition) is 0. The molecule has 0 aromatic heterocycles. The summed E-state index contributed by atoms with van der Waals surface area (Å²) in [4.78, 5) is 1.25. The molecule has 0 fully saturated rings. The van der Waals surface area contributed by atoms with Gasteiger partial charge < -0.3 is 0 Å². The van der Waals surface area contributed by atoms with Gasteiger partial charge >= 0.3 is 6.18 Å². The number of rotatable bonds is 5. The summed E-state index contributed by atoms with van der Waals surface area (Å²) in [5.74, 6) is 0. The summed E-state index contributed by atoms with van der Waals surface area (Å²) in [5.41, 5.74) is 0. The van der Waals surface area contributed by atoms with Crippen LogP contribution >= 0.6 is 0 Å². The minimum atomic E-state index is -4.09. The molecule has 0 aliphatic rings. The van der Waals surface area contributed by atoms with Crippen LogP contribution in [0.25, 0.3) is 0 Å². The maximum Gasteiger partial charge on any atom is 0.404 e. The van der Waals surface area contributed by atoms with Crippen molar-refractivity contribution in [1.82, 2.24) is 4.90 Å². The molecule has 1 atom stereocenters. The molecule has 0 heterocycles. The van der Waals surface area contributed by atoms with Gasteiger partial charge in [-0.05, 0) is 20.5 Å². The standard InChI is InChI=1S/C9H18F3N/c1-4-5-6-7-8(13(2)3)9(10,11)12/h8H,4-7H2,1-3H3. The molecule has 0 radical (unpaired) electrons. The van der Waals surface area contributed by atoms with Crippen molar-refractivity contribution in [2.45, 2.75) is 44.8 Å². The fourth-order valence-electron chi connectivity index (χ4n) is 1.30. The molecular formula is C9H18F3N. The molecule has 0 saturated carbocycles. The molecule has 0 saturated heterocycles. The Balaban J connectivity index is 3.97. The van der Waals surface area contributed by atoms with Crippen molar-refractivity contribution in [1.29, 1.82) is 0 Å². The van der Waals surface area contributed by atoms with Crippen LogP contribution in [0.15, 0.2) is 0 Å². The highest BCUT2D eigenvalue weighted by atomic mass is 19.4. The molecule has 0 aromatic carbocycles. The fraction of sp³-hybridized carbons (Fsp3) is 1.00. The van der Waals surface area contributed by atoms with Gasteiger partial charge in [0.05, 0.1) is 0 Å². The van der Waals surface area contributed by atoms with Gasteiger partial charge in [0.2, 0.25) is 0 Å². The van der Waals surface area contributed by atoms with Crippen LogP contribution in [0.1, 0.15) is 32.6 Å². The lowest BCUT2D eigenvalue weighted by Gasteiger charge is -2.26. The molecule has 80 valence electrons. The first-order chi connectivity index (χ1) is 5.89. The van der Waals surface area contributed by atoms with Crippen molar-refractivity contribution >= 4 is 0 Å².